The maximum Gasteiger partial charge on any atom is 0.306 e. The van der Waals surface area contributed by atoms with Gasteiger partial charge in [-0.15, -0.1) is 0 Å². The molecule has 1 N–H and O–H groups in total. The first kappa shape index (κ1) is 23.3. The standard InChI is InChI=1S/C21H30N2O7S/c24-20(23-11-5-2-6-12-23)16-30-21(25)7-3-1-4-10-22-31(26,27)17-8-9-18-19(15-17)29-14-13-28-18/h8-9,15,22H,1-7,10-14,16H2. The number of carbonyl (C=O) groups is 2. The number of carbonyl (C=O) groups excluding carboxylic acids is 2. The lowest BCUT2D eigenvalue weighted by molar-refractivity contribution is -0.152. The first-order valence-electron chi connectivity index (χ1n) is 10.8. The Morgan fingerprint density at radius 3 is 2.52 bits per heavy atom. The van der Waals surface area contributed by atoms with Gasteiger partial charge in [-0.1, -0.05) is 6.42 Å². The lowest BCUT2D eigenvalue weighted by atomic mass is 10.1. The summed E-state index contributed by atoms with van der Waals surface area (Å²) in [5.41, 5.74) is 0. The SMILES string of the molecule is O=C(CCCCCNS(=O)(=O)c1ccc2c(c1)OCCO2)OCC(=O)N1CCCCC1. The van der Waals surface area contributed by atoms with Crippen LogP contribution in [-0.4, -0.2) is 64.6 Å². The van der Waals surface area contributed by atoms with Crippen LogP contribution < -0.4 is 14.2 Å². The summed E-state index contributed by atoms with van der Waals surface area (Å²) >= 11 is 0. The zero-order valence-corrected chi connectivity index (χ0v) is 18.5. The van der Waals surface area contributed by atoms with Gasteiger partial charge in [0.2, 0.25) is 10.0 Å². The zero-order chi connectivity index (χ0) is 22.1. The van der Waals surface area contributed by atoms with E-state index in [2.05, 4.69) is 4.72 Å². The molecule has 10 heteroatoms. The third-order valence-electron chi connectivity index (χ3n) is 5.24. The van der Waals surface area contributed by atoms with Crippen molar-refractivity contribution in [3.05, 3.63) is 18.2 Å². The second-order valence-electron chi connectivity index (χ2n) is 7.62. The fourth-order valence-electron chi connectivity index (χ4n) is 3.50. The molecule has 1 aromatic carbocycles. The van der Waals surface area contributed by atoms with Crippen LogP contribution in [0.15, 0.2) is 23.1 Å². The minimum atomic E-state index is -3.65. The van der Waals surface area contributed by atoms with Gasteiger partial charge in [0.1, 0.15) is 13.2 Å². The molecule has 2 heterocycles. The smallest absolute Gasteiger partial charge is 0.306 e. The molecule has 0 aliphatic carbocycles. The summed E-state index contributed by atoms with van der Waals surface area (Å²) in [5.74, 6) is 0.421. The molecule has 0 aromatic heterocycles. The molecule has 31 heavy (non-hydrogen) atoms. The maximum absolute atomic E-state index is 12.4. The third-order valence-corrected chi connectivity index (χ3v) is 6.70. The van der Waals surface area contributed by atoms with Crippen LogP contribution in [-0.2, 0) is 24.3 Å². The Hall–Kier alpha value is -2.33. The number of fused-ring (bicyclic) bond motifs is 1. The molecule has 0 atom stereocenters. The molecule has 1 saturated heterocycles. The summed E-state index contributed by atoms with van der Waals surface area (Å²) in [4.78, 5) is 25.6. The average Bonchev–Trinajstić information content (AvgIpc) is 2.80. The molecular formula is C21H30N2O7S. The van der Waals surface area contributed by atoms with Gasteiger partial charge in [-0.3, -0.25) is 9.59 Å². The van der Waals surface area contributed by atoms with Gasteiger partial charge in [-0.05, 0) is 44.2 Å². The van der Waals surface area contributed by atoms with E-state index in [4.69, 9.17) is 14.2 Å². The second-order valence-corrected chi connectivity index (χ2v) is 9.38. The molecule has 1 amide bonds. The average molecular weight is 455 g/mol. The van der Waals surface area contributed by atoms with Crippen LogP contribution in [0.5, 0.6) is 11.5 Å². The fraction of sp³-hybridized carbons (Fsp3) is 0.619. The first-order chi connectivity index (χ1) is 15.0. The number of ether oxygens (including phenoxy) is 3. The van der Waals surface area contributed by atoms with Gasteiger partial charge in [0, 0.05) is 32.1 Å². The summed E-state index contributed by atoms with van der Waals surface area (Å²) < 4.78 is 43.3. The highest BCUT2D eigenvalue weighted by molar-refractivity contribution is 7.89. The molecule has 1 fully saturated rings. The van der Waals surface area contributed by atoms with E-state index in [1.165, 1.54) is 12.1 Å². The van der Waals surface area contributed by atoms with Crippen molar-refractivity contribution < 1.29 is 32.2 Å². The first-order valence-corrected chi connectivity index (χ1v) is 12.3. The van der Waals surface area contributed by atoms with Crippen LogP contribution in [0.1, 0.15) is 44.9 Å². The molecule has 1 aromatic rings. The van der Waals surface area contributed by atoms with Gasteiger partial charge in [0.05, 0.1) is 4.90 Å². The van der Waals surface area contributed by atoms with E-state index in [0.29, 0.717) is 44.0 Å². The molecule has 3 rings (SSSR count). The Balaban J connectivity index is 1.29. The second kappa shape index (κ2) is 11.3. The molecular weight excluding hydrogens is 424 g/mol. The highest BCUT2D eigenvalue weighted by Crippen LogP contribution is 2.32. The van der Waals surface area contributed by atoms with E-state index in [9.17, 15) is 18.0 Å². The van der Waals surface area contributed by atoms with Crippen LogP contribution in [0.3, 0.4) is 0 Å². The molecule has 9 nitrogen and oxygen atoms in total. The lowest BCUT2D eigenvalue weighted by Crippen LogP contribution is -2.38. The van der Waals surface area contributed by atoms with E-state index in [1.54, 1.807) is 11.0 Å². The number of nitrogens with one attached hydrogen (secondary N) is 1. The quantitative estimate of drug-likeness (QED) is 0.424. The number of esters is 1. The Labute approximate surface area is 183 Å². The molecule has 0 radical (unpaired) electrons. The third kappa shape index (κ3) is 7.10. The number of rotatable bonds is 10. The fourth-order valence-corrected chi connectivity index (χ4v) is 4.59. The summed E-state index contributed by atoms with van der Waals surface area (Å²) in [6, 6.07) is 4.53. The van der Waals surface area contributed by atoms with Crippen LogP contribution >= 0.6 is 0 Å². The summed E-state index contributed by atoms with van der Waals surface area (Å²) in [5, 5.41) is 0. The van der Waals surface area contributed by atoms with E-state index in [-0.39, 0.29) is 30.4 Å². The van der Waals surface area contributed by atoms with Crippen LogP contribution in [0.25, 0.3) is 0 Å². The van der Waals surface area contributed by atoms with E-state index in [0.717, 1.165) is 32.4 Å². The van der Waals surface area contributed by atoms with E-state index in [1.807, 2.05) is 0 Å². The lowest BCUT2D eigenvalue weighted by Gasteiger charge is -2.26. The number of amides is 1. The molecule has 0 spiro atoms. The molecule has 0 saturated carbocycles. The number of sulfonamides is 1. The normalized spacial score (nSPS) is 16.1. The Morgan fingerprint density at radius 2 is 1.74 bits per heavy atom. The van der Waals surface area contributed by atoms with Crippen LogP contribution in [0.2, 0.25) is 0 Å². The summed E-state index contributed by atoms with van der Waals surface area (Å²) in [7, 11) is -3.65. The van der Waals surface area contributed by atoms with Gasteiger partial charge >= 0.3 is 5.97 Å². The van der Waals surface area contributed by atoms with E-state index < -0.39 is 16.0 Å². The molecule has 2 aliphatic rings. The van der Waals surface area contributed by atoms with Crippen molar-refractivity contribution in [1.29, 1.82) is 0 Å². The van der Waals surface area contributed by atoms with Crippen molar-refractivity contribution in [2.24, 2.45) is 0 Å². The number of piperidine rings is 1. The highest BCUT2D eigenvalue weighted by atomic mass is 32.2. The number of nitrogens with zero attached hydrogens (tertiary/aromatic N) is 1. The van der Waals surface area contributed by atoms with Crippen molar-refractivity contribution in [1.82, 2.24) is 9.62 Å². The van der Waals surface area contributed by atoms with Gasteiger partial charge in [0.25, 0.3) is 5.91 Å². The van der Waals surface area contributed by atoms with Crippen molar-refractivity contribution in [2.75, 3.05) is 39.5 Å². The van der Waals surface area contributed by atoms with Crippen LogP contribution in [0.4, 0.5) is 0 Å². The summed E-state index contributed by atoms with van der Waals surface area (Å²) in [6.45, 7) is 2.36. The number of likely N-dealkylation sites (tertiary alicyclic amines) is 1. The van der Waals surface area contributed by atoms with Crippen molar-refractivity contribution in [3.8, 4) is 11.5 Å². The topological polar surface area (TPSA) is 111 Å². The largest absolute Gasteiger partial charge is 0.486 e. The minimum Gasteiger partial charge on any atom is -0.486 e. The molecule has 0 bridgehead atoms. The van der Waals surface area contributed by atoms with E-state index >= 15 is 0 Å². The van der Waals surface area contributed by atoms with Crippen molar-refractivity contribution in [2.45, 2.75) is 49.8 Å². The number of benzene rings is 1. The molecule has 172 valence electrons. The van der Waals surface area contributed by atoms with Crippen LogP contribution in [0, 0.1) is 0 Å². The highest BCUT2D eigenvalue weighted by Gasteiger charge is 2.19. The maximum atomic E-state index is 12.4. The molecule has 0 unspecified atom stereocenters. The Morgan fingerprint density at radius 1 is 1.00 bits per heavy atom. The Kier molecular flexibility index (Phi) is 8.53. The molecule has 2 aliphatic heterocycles. The van der Waals surface area contributed by atoms with Crippen molar-refractivity contribution in [3.63, 3.8) is 0 Å². The Bertz CT molecular complexity index is 866. The van der Waals surface area contributed by atoms with Gasteiger partial charge < -0.3 is 19.1 Å². The number of hydrogen-bond donors (Lipinski definition) is 1. The van der Waals surface area contributed by atoms with Gasteiger partial charge in [0.15, 0.2) is 18.1 Å². The summed E-state index contributed by atoms with van der Waals surface area (Å²) in [6.07, 6.45) is 5.17. The van der Waals surface area contributed by atoms with Gasteiger partial charge in [-0.25, -0.2) is 13.1 Å². The van der Waals surface area contributed by atoms with Crippen molar-refractivity contribution >= 4 is 21.9 Å². The number of hydrogen-bond acceptors (Lipinski definition) is 7. The van der Waals surface area contributed by atoms with Gasteiger partial charge in [-0.2, -0.15) is 0 Å². The minimum absolute atomic E-state index is 0.124. The zero-order valence-electron chi connectivity index (χ0n) is 17.6. The monoisotopic (exact) mass is 454 g/mol. The number of unbranched alkanes of at least 4 members (excludes halogenated alkanes) is 2. The predicted octanol–water partition coefficient (Wildman–Crippen LogP) is 1.85. The predicted molar refractivity (Wildman–Crippen MR) is 112 cm³/mol.